The van der Waals surface area contributed by atoms with Gasteiger partial charge in [0.05, 0.1) is 70.6 Å². The molecule has 3 amide bonds. The van der Waals surface area contributed by atoms with Crippen LogP contribution in [0.2, 0.25) is 0 Å². The first kappa shape index (κ1) is 116. The first-order valence-corrected chi connectivity index (χ1v) is 48.7. The molecule has 25 N–H and O–H groups in total. The molecule has 8 aliphatic rings. The fraction of sp³-hybridized carbons (Fsp3) is 0.944. The number of nitrogens with one attached hydrogen (secondary N) is 3. The number of hydrogen-bond acceptors (Lipinski definition) is 41. The van der Waals surface area contributed by atoms with Crippen LogP contribution in [-0.2, 0) is 90.2 Å². The molecular weight excluding hydrogens is 1780 g/mol. The normalized spacial score (nSPS) is 40.0. The summed E-state index contributed by atoms with van der Waals surface area (Å²) in [5.41, 5.74) is 0. The molecule has 44 nitrogen and oxygen atoms in total. The summed E-state index contributed by atoms with van der Waals surface area (Å²) in [6, 6.07) is -5.05. The van der Waals surface area contributed by atoms with E-state index in [0.717, 1.165) is 71.6 Å². The highest BCUT2D eigenvalue weighted by Crippen LogP contribution is 2.41. The van der Waals surface area contributed by atoms with Gasteiger partial charge in [-0.2, -0.15) is 0 Å². The van der Waals surface area contributed by atoms with Gasteiger partial charge in [0, 0.05) is 20.3 Å². The van der Waals surface area contributed by atoms with Crippen LogP contribution in [-0.4, -0.2) is 434 Å². The Kier molecular flexibility index (Phi) is 51.6. The van der Waals surface area contributed by atoms with Crippen molar-refractivity contribution < 1.29 is 203 Å². The molecule has 0 saturated carbocycles. The standard InChI is InChI=1S/C90H161N3O41/c1-7-9-11-13-15-17-19-21-22-23-24-26-28-30-32-34-36-38-58(103)93-50(51(102)37-35-33-31-29-27-25-20-18-16-14-12-10-8-2)45-119-85-73(116)70(113)76(56(43-98)127-85)128-88-74(117)80(65(108)54(41-96)123-88)132-83-59(91-48(5)100)78(64(107)53(40-95)122-83)130-89-75(118)81(66(109)55(42-97)124-89)133-84-60(92-49(6)101)79(131-86-71(114)67(110)61(104)46(3)120-86)77(57(44-99)126-84)129-90-82(69(112)63(106)52(39-94)125-90)134-87-72(115)68(111)62(105)47(4)121-87/h35,37,46-47,50-57,59-90,94-99,102,104-118H,7-34,36,38-45H2,1-6H3,(H,91,100)(H,92,101)(H,93,103)/b37-35+/t46?,47?,50-,51+,52?,53?,54?,55?,56?,57?,59?,60?,61+,62+,63-,64+,65-,66-,67?,68?,69-,70+,71-,72-,73?,74?,75?,76+,77+,78+,79+,80-,81-,82?,83-,84-,85+,86+,87+,88-,89-,90-/m0/s1. The molecule has 0 aliphatic carbocycles. The van der Waals surface area contributed by atoms with Crippen LogP contribution in [0, 0.1) is 0 Å². The molecule has 0 aromatic carbocycles. The van der Waals surface area contributed by atoms with E-state index < -0.39 is 316 Å². The van der Waals surface area contributed by atoms with Crippen molar-refractivity contribution in [1.29, 1.82) is 0 Å². The molecule has 782 valence electrons. The Morgan fingerprint density at radius 1 is 0.306 bits per heavy atom. The fourth-order valence-corrected chi connectivity index (χ4v) is 18.3. The van der Waals surface area contributed by atoms with Crippen molar-refractivity contribution in [3.05, 3.63) is 12.2 Å². The van der Waals surface area contributed by atoms with Crippen molar-refractivity contribution in [1.82, 2.24) is 16.0 Å². The van der Waals surface area contributed by atoms with Crippen LogP contribution in [0.3, 0.4) is 0 Å². The molecule has 16 unspecified atom stereocenters. The SMILES string of the molecule is CCCCCCCCCCCCC/C=C/[C@@H](O)[C@H](CO[C@@H]1OC(CO)[C@@H](O[C@@H]2OC(CO)[C@H](O)[C@H](O[C@@H]3OC(CO)[C@@H](O)[C@H](O[C@@H]4OC(CO)[C@H](O)[C@H](O[C@@H]5OC(CO)[C@@H](O[C@@H]6OC(CO)[C@H](O)[C@H](O)C6O[C@H]6OC(C)[C@@H](O)C(O)[C@@H]6O)[C@H](O[C@H]6OC(C)[C@@H](O)C(O)[C@@H]6O)C5NC(C)=O)C4O)C3NC(C)=O)C2O)[C@H](O)C1O)NC(=O)CCCCCCCCCCCCCCCCCCC. The monoisotopic (exact) mass is 1940 g/mol. The average molecular weight is 1940 g/mol. The Labute approximate surface area is 783 Å². The Bertz CT molecular complexity index is 3270. The topological polar surface area (TPSA) is 680 Å². The van der Waals surface area contributed by atoms with Gasteiger partial charge >= 0.3 is 0 Å². The highest BCUT2D eigenvalue weighted by Gasteiger charge is 2.61. The van der Waals surface area contributed by atoms with Gasteiger partial charge in [-0.15, -0.1) is 0 Å². The summed E-state index contributed by atoms with van der Waals surface area (Å²) >= 11 is 0. The molecule has 8 rings (SSSR count). The predicted octanol–water partition coefficient (Wildman–Crippen LogP) is -3.94. The minimum absolute atomic E-state index is 0.149. The van der Waals surface area contributed by atoms with E-state index in [0.29, 0.717) is 12.8 Å². The number of amides is 3. The van der Waals surface area contributed by atoms with E-state index in [2.05, 4.69) is 29.8 Å². The maximum absolute atomic E-state index is 13.7. The van der Waals surface area contributed by atoms with Gasteiger partial charge in [-0.05, 0) is 33.1 Å². The predicted molar refractivity (Wildman–Crippen MR) is 465 cm³/mol. The fourth-order valence-electron chi connectivity index (χ4n) is 18.3. The van der Waals surface area contributed by atoms with E-state index in [1.807, 2.05) is 6.08 Å². The summed E-state index contributed by atoms with van der Waals surface area (Å²) in [6.07, 6.45) is -40.5. The molecule has 134 heavy (non-hydrogen) atoms. The molecule has 0 bridgehead atoms. The third kappa shape index (κ3) is 33.1. The van der Waals surface area contributed by atoms with Crippen molar-refractivity contribution in [2.75, 3.05) is 46.2 Å². The number of aliphatic hydroxyl groups is 22. The number of allylic oxidation sites excluding steroid dienone is 1. The smallest absolute Gasteiger partial charge is 0.220 e. The molecule has 8 aliphatic heterocycles. The van der Waals surface area contributed by atoms with Gasteiger partial charge < -0.3 is 204 Å². The number of aliphatic hydroxyl groups excluding tert-OH is 22. The minimum atomic E-state index is -2.44. The third-order valence-corrected chi connectivity index (χ3v) is 26.4. The van der Waals surface area contributed by atoms with Crippen molar-refractivity contribution in [3.63, 3.8) is 0 Å². The number of ether oxygens (including phenoxy) is 16. The van der Waals surface area contributed by atoms with Gasteiger partial charge in [-0.3, -0.25) is 14.4 Å². The second-order valence-corrected chi connectivity index (χ2v) is 36.9. The van der Waals surface area contributed by atoms with Gasteiger partial charge in [0.2, 0.25) is 17.7 Å². The number of hydrogen-bond donors (Lipinski definition) is 25. The molecule has 8 fully saturated rings. The molecule has 0 spiro atoms. The van der Waals surface area contributed by atoms with E-state index in [1.54, 1.807) is 6.08 Å². The summed E-state index contributed by atoms with van der Waals surface area (Å²) in [4.78, 5) is 40.6. The number of unbranched alkanes of at least 4 members (excludes halogenated alkanes) is 27. The second kappa shape index (κ2) is 59.6. The van der Waals surface area contributed by atoms with E-state index in [4.69, 9.17) is 75.8 Å². The van der Waals surface area contributed by atoms with Crippen LogP contribution in [0.25, 0.3) is 0 Å². The van der Waals surface area contributed by atoms with Crippen LogP contribution >= 0.6 is 0 Å². The molecule has 8 heterocycles. The van der Waals surface area contributed by atoms with E-state index >= 15 is 0 Å². The third-order valence-electron chi connectivity index (χ3n) is 26.4. The zero-order chi connectivity index (χ0) is 98.0. The summed E-state index contributed by atoms with van der Waals surface area (Å²) < 4.78 is 97.0. The Balaban J connectivity index is 0.964. The lowest BCUT2D eigenvalue weighted by molar-refractivity contribution is -0.401. The highest BCUT2D eigenvalue weighted by atomic mass is 16.8. The molecule has 0 radical (unpaired) electrons. The van der Waals surface area contributed by atoms with E-state index in [9.17, 15) is 127 Å². The second-order valence-electron chi connectivity index (χ2n) is 36.9. The zero-order valence-corrected chi connectivity index (χ0v) is 78.2. The Morgan fingerprint density at radius 3 is 1.05 bits per heavy atom. The maximum atomic E-state index is 13.7. The van der Waals surface area contributed by atoms with Crippen LogP contribution in [0.1, 0.15) is 234 Å². The first-order chi connectivity index (χ1) is 64.2. The summed E-state index contributed by atoms with van der Waals surface area (Å²) in [7, 11) is 0. The largest absolute Gasteiger partial charge is 0.394 e. The van der Waals surface area contributed by atoms with Gasteiger partial charge in [0.1, 0.15) is 183 Å². The van der Waals surface area contributed by atoms with Crippen LogP contribution in [0.15, 0.2) is 12.2 Å². The molecule has 44 heteroatoms. The Morgan fingerprint density at radius 2 is 0.619 bits per heavy atom. The van der Waals surface area contributed by atoms with Gasteiger partial charge in [-0.25, -0.2) is 0 Å². The molecule has 8 saturated heterocycles. The quantitative estimate of drug-likeness (QED) is 0.0204. The van der Waals surface area contributed by atoms with Crippen LogP contribution in [0.5, 0.6) is 0 Å². The van der Waals surface area contributed by atoms with Gasteiger partial charge in [0.25, 0.3) is 0 Å². The van der Waals surface area contributed by atoms with Crippen molar-refractivity contribution >= 4 is 17.7 Å². The molecule has 0 aromatic heterocycles. The average Bonchev–Trinajstić information content (AvgIpc) is 0.808. The number of carbonyl (C=O) groups is 3. The molecule has 0 aromatic rings. The van der Waals surface area contributed by atoms with E-state index in [1.165, 1.54) is 129 Å². The Hall–Kier alpha value is -3.37. The summed E-state index contributed by atoms with van der Waals surface area (Å²) in [6.45, 7) is 1.86. The summed E-state index contributed by atoms with van der Waals surface area (Å²) in [5, 5.41) is 257. The number of rotatable bonds is 58. The minimum Gasteiger partial charge on any atom is -0.394 e. The molecule has 42 atom stereocenters. The lowest BCUT2D eigenvalue weighted by atomic mass is 9.93. The maximum Gasteiger partial charge on any atom is 0.220 e. The van der Waals surface area contributed by atoms with E-state index in [-0.39, 0.29) is 12.3 Å². The van der Waals surface area contributed by atoms with Crippen molar-refractivity contribution in [2.24, 2.45) is 0 Å². The lowest BCUT2D eigenvalue weighted by Gasteiger charge is -2.52. The van der Waals surface area contributed by atoms with Crippen molar-refractivity contribution in [3.8, 4) is 0 Å². The lowest BCUT2D eigenvalue weighted by Crippen LogP contribution is -2.72. The highest BCUT2D eigenvalue weighted by molar-refractivity contribution is 5.76. The van der Waals surface area contributed by atoms with Gasteiger partial charge in [0.15, 0.2) is 50.3 Å². The van der Waals surface area contributed by atoms with Crippen LogP contribution in [0.4, 0.5) is 0 Å². The number of carbonyl (C=O) groups excluding carboxylic acids is 3. The molecular formula is C90H161N3O41. The first-order valence-electron chi connectivity index (χ1n) is 48.7. The van der Waals surface area contributed by atoms with Crippen LogP contribution < -0.4 is 16.0 Å². The van der Waals surface area contributed by atoms with Gasteiger partial charge in [-0.1, -0.05) is 193 Å². The van der Waals surface area contributed by atoms with Crippen molar-refractivity contribution in [2.45, 2.75) is 492 Å². The zero-order valence-electron chi connectivity index (χ0n) is 78.2. The summed E-state index contributed by atoms with van der Waals surface area (Å²) in [5.74, 6) is -2.28.